The van der Waals surface area contributed by atoms with E-state index in [4.69, 9.17) is 5.11 Å². The van der Waals surface area contributed by atoms with Crippen LogP contribution in [0.25, 0.3) is 21.8 Å². The molecule has 0 unspecified atom stereocenters. The third-order valence-corrected chi connectivity index (χ3v) is 2.75. The highest BCUT2D eigenvalue weighted by molar-refractivity contribution is 6.08. The van der Waals surface area contributed by atoms with E-state index in [1.165, 1.54) is 0 Å². The molecular weight excluding hydrogens is 202 g/mol. The van der Waals surface area contributed by atoms with Gasteiger partial charge in [-0.2, -0.15) is 0 Å². The van der Waals surface area contributed by atoms with Crippen LogP contribution in [0, 0.1) is 0 Å². The van der Waals surface area contributed by atoms with Crippen LogP contribution in [-0.2, 0) is 0 Å². The number of aromatic nitrogens is 1. The van der Waals surface area contributed by atoms with Gasteiger partial charge in [-0.1, -0.05) is 24.3 Å². The summed E-state index contributed by atoms with van der Waals surface area (Å²) < 4.78 is 0. The molecule has 16 heavy (non-hydrogen) atoms. The van der Waals surface area contributed by atoms with Crippen LogP contribution in [0.3, 0.4) is 0 Å². The largest absolute Gasteiger partial charge is 0.478 e. The van der Waals surface area contributed by atoms with E-state index in [1.54, 1.807) is 12.1 Å². The molecule has 2 N–H and O–H groups in total. The maximum Gasteiger partial charge on any atom is 0.335 e. The molecule has 0 spiro atoms. The highest BCUT2D eigenvalue weighted by Crippen LogP contribution is 2.25. The zero-order valence-electron chi connectivity index (χ0n) is 8.40. The molecule has 0 radical (unpaired) electrons. The number of carbonyl (C=O) groups is 1. The van der Waals surface area contributed by atoms with Crippen LogP contribution in [0.4, 0.5) is 0 Å². The van der Waals surface area contributed by atoms with Gasteiger partial charge in [0.1, 0.15) is 0 Å². The minimum atomic E-state index is -0.902. The molecule has 1 heterocycles. The van der Waals surface area contributed by atoms with E-state index in [2.05, 4.69) is 4.98 Å². The van der Waals surface area contributed by atoms with Crippen LogP contribution >= 0.6 is 0 Å². The molecule has 0 amide bonds. The second kappa shape index (κ2) is 3.10. The number of aromatic amines is 1. The molecule has 3 nitrogen and oxygen atoms in total. The van der Waals surface area contributed by atoms with Gasteiger partial charge in [0.15, 0.2) is 0 Å². The summed E-state index contributed by atoms with van der Waals surface area (Å²) in [5, 5.41) is 11.1. The van der Waals surface area contributed by atoms with E-state index in [-0.39, 0.29) is 0 Å². The van der Waals surface area contributed by atoms with E-state index in [9.17, 15) is 4.79 Å². The zero-order chi connectivity index (χ0) is 11.1. The van der Waals surface area contributed by atoms with Crippen LogP contribution < -0.4 is 0 Å². The first-order valence-electron chi connectivity index (χ1n) is 4.99. The molecule has 0 saturated heterocycles. The van der Waals surface area contributed by atoms with Gasteiger partial charge in [0.05, 0.1) is 5.56 Å². The van der Waals surface area contributed by atoms with Gasteiger partial charge in [0.2, 0.25) is 0 Å². The van der Waals surface area contributed by atoms with E-state index in [1.807, 2.05) is 30.3 Å². The number of nitrogens with one attached hydrogen (secondary N) is 1. The van der Waals surface area contributed by atoms with Crippen molar-refractivity contribution in [3.63, 3.8) is 0 Å². The molecule has 2 aromatic carbocycles. The first-order chi connectivity index (χ1) is 7.75. The number of fused-ring (bicyclic) bond motifs is 3. The molecule has 0 aliphatic heterocycles. The maximum absolute atomic E-state index is 10.8. The summed E-state index contributed by atoms with van der Waals surface area (Å²) in [6.07, 6.45) is 0. The highest BCUT2D eigenvalue weighted by atomic mass is 16.4. The van der Waals surface area contributed by atoms with Gasteiger partial charge >= 0.3 is 5.97 Å². The van der Waals surface area contributed by atoms with Crippen LogP contribution in [0.15, 0.2) is 42.5 Å². The first kappa shape index (κ1) is 8.97. The van der Waals surface area contributed by atoms with Gasteiger partial charge in [-0.25, -0.2) is 4.79 Å². The SMILES string of the molecule is O=C(O)c1ccc2c(c1)[nH]c1ccccc12. The number of para-hydroxylation sites is 1. The molecule has 0 fully saturated rings. The standard InChI is InChI=1S/C13H9NO2/c15-13(16)8-5-6-10-9-3-1-2-4-11(9)14-12(10)7-8/h1-7,14H,(H,15,16). The normalized spacial score (nSPS) is 11.0. The number of rotatable bonds is 1. The van der Waals surface area contributed by atoms with E-state index >= 15 is 0 Å². The van der Waals surface area contributed by atoms with Crippen LogP contribution in [-0.4, -0.2) is 16.1 Å². The summed E-state index contributed by atoms with van der Waals surface area (Å²) in [6.45, 7) is 0. The predicted octanol–water partition coefficient (Wildman–Crippen LogP) is 3.02. The van der Waals surface area contributed by atoms with Crippen LogP contribution in [0.2, 0.25) is 0 Å². The van der Waals surface area contributed by atoms with E-state index < -0.39 is 5.97 Å². The third-order valence-electron chi connectivity index (χ3n) is 2.75. The van der Waals surface area contributed by atoms with E-state index in [0.29, 0.717) is 5.56 Å². The van der Waals surface area contributed by atoms with Crippen molar-refractivity contribution < 1.29 is 9.90 Å². The van der Waals surface area contributed by atoms with Gasteiger partial charge in [-0.15, -0.1) is 0 Å². The highest BCUT2D eigenvalue weighted by Gasteiger charge is 2.07. The molecule has 3 aromatic rings. The van der Waals surface area contributed by atoms with Crippen molar-refractivity contribution >= 4 is 27.8 Å². The van der Waals surface area contributed by atoms with Crippen LogP contribution in [0.5, 0.6) is 0 Å². The maximum atomic E-state index is 10.8. The van der Waals surface area contributed by atoms with Gasteiger partial charge in [-0.05, 0) is 18.2 Å². The van der Waals surface area contributed by atoms with Crippen molar-refractivity contribution in [3.05, 3.63) is 48.0 Å². The Morgan fingerprint density at radius 2 is 1.75 bits per heavy atom. The van der Waals surface area contributed by atoms with Crippen LogP contribution in [0.1, 0.15) is 10.4 Å². The summed E-state index contributed by atoms with van der Waals surface area (Å²) in [5.74, 6) is -0.902. The molecule has 0 aliphatic rings. The van der Waals surface area contributed by atoms with Crippen molar-refractivity contribution in [2.24, 2.45) is 0 Å². The molecule has 3 heteroatoms. The topological polar surface area (TPSA) is 53.1 Å². The number of hydrogen-bond donors (Lipinski definition) is 2. The fourth-order valence-corrected chi connectivity index (χ4v) is 1.99. The Kier molecular flexibility index (Phi) is 1.74. The Morgan fingerprint density at radius 1 is 1.00 bits per heavy atom. The fraction of sp³-hybridized carbons (Fsp3) is 0. The smallest absolute Gasteiger partial charge is 0.335 e. The second-order valence-corrected chi connectivity index (χ2v) is 3.74. The van der Waals surface area contributed by atoms with Crippen molar-refractivity contribution in [2.45, 2.75) is 0 Å². The Hall–Kier alpha value is -2.29. The van der Waals surface area contributed by atoms with Crippen molar-refractivity contribution in [2.75, 3.05) is 0 Å². The molecule has 0 bridgehead atoms. The summed E-state index contributed by atoms with van der Waals surface area (Å²) in [5.41, 5.74) is 2.19. The average Bonchev–Trinajstić information content (AvgIpc) is 2.66. The fourth-order valence-electron chi connectivity index (χ4n) is 1.99. The number of aromatic carboxylic acids is 1. The summed E-state index contributed by atoms with van der Waals surface area (Å²) >= 11 is 0. The minimum absolute atomic E-state index is 0.305. The lowest BCUT2D eigenvalue weighted by atomic mass is 10.1. The lowest BCUT2D eigenvalue weighted by Crippen LogP contribution is -1.94. The summed E-state index contributed by atoms with van der Waals surface area (Å²) in [7, 11) is 0. The Labute approximate surface area is 91.3 Å². The number of benzene rings is 2. The monoisotopic (exact) mass is 211 g/mol. The summed E-state index contributed by atoms with van der Waals surface area (Å²) in [4.78, 5) is 14.1. The third kappa shape index (κ3) is 1.18. The minimum Gasteiger partial charge on any atom is -0.478 e. The lowest BCUT2D eigenvalue weighted by molar-refractivity contribution is 0.0697. The van der Waals surface area contributed by atoms with Crippen molar-refractivity contribution in [3.8, 4) is 0 Å². The average molecular weight is 211 g/mol. The number of carboxylic acid groups (broad SMARTS) is 1. The summed E-state index contributed by atoms with van der Waals surface area (Å²) in [6, 6.07) is 13.1. The number of H-pyrrole nitrogens is 1. The molecule has 0 saturated carbocycles. The molecule has 0 atom stereocenters. The Balaban J connectivity index is 2.41. The predicted molar refractivity (Wildman–Crippen MR) is 62.8 cm³/mol. The molecule has 3 rings (SSSR count). The number of carboxylic acids is 1. The molecule has 78 valence electrons. The quantitative estimate of drug-likeness (QED) is 0.650. The second-order valence-electron chi connectivity index (χ2n) is 3.74. The van der Waals surface area contributed by atoms with Crippen molar-refractivity contribution in [1.29, 1.82) is 0 Å². The van der Waals surface area contributed by atoms with E-state index in [0.717, 1.165) is 21.8 Å². The van der Waals surface area contributed by atoms with Gasteiger partial charge in [0, 0.05) is 21.8 Å². The molecule has 1 aromatic heterocycles. The van der Waals surface area contributed by atoms with Gasteiger partial charge < -0.3 is 10.1 Å². The lowest BCUT2D eigenvalue weighted by Gasteiger charge is -1.94. The molecular formula is C13H9NO2. The first-order valence-corrected chi connectivity index (χ1v) is 4.99. The van der Waals surface area contributed by atoms with Crippen molar-refractivity contribution in [1.82, 2.24) is 4.98 Å². The number of hydrogen-bond acceptors (Lipinski definition) is 1. The van der Waals surface area contributed by atoms with Gasteiger partial charge in [-0.3, -0.25) is 0 Å². The Morgan fingerprint density at radius 3 is 2.56 bits per heavy atom. The van der Waals surface area contributed by atoms with Gasteiger partial charge in [0.25, 0.3) is 0 Å². The Bertz CT molecular complexity index is 697. The molecule has 0 aliphatic carbocycles. The zero-order valence-corrected chi connectivity index (χ0v) is 8.40.